The Balaban J connectivity index is 2.69. The lowest BCUT2D eigenvalue weighted by Gasteiger charge is -2.43. The minimum Gasteiger partial charge on any atom is -0.342 e. The Hall–Kier alpha value is -0.780. The van der Waals surface area contributed by atoms with Crippen LogP contribution in [0.3, 0.4) is 0 Å². The van der Waals surface area contributed by atoms with Crippen LogP contribution >= 0.6 is 0 Å². The molecule has 0 aromatic heterocycles. The van der Waals surface area contributed by atoms with E-state index in [1.165, 1.54) is 0 Å². The molecule has 0 aromatic carbocycles. The van der Waals surface area contributed by atoms with E-state index in [0.717, 1.165) is 0 Å². The van der Waals surface area contributed by atoms with E-state index in [1.807, 2.05) is 20.8 Å². The van der Waals surface area contributed by atoms with Gasteiger partial charge in [0.25, 0.3) is 0 Å². The molecule has 1 heterocycles. The lowest BCUT2D eigenvalue weighted by molar-refractivity contribution is -0.234. The van der Waals surface area contributed by atoms with Gasteiger partial charge in [-0.05, 0) is 18.8 Å². The first-order chi connectivity index (χ1) is 8.64. The SMILES string of the molecule is CC(C)C(C)C(=O)N1CCC(CN)(C(F)(F)F)CC1. The number of rotatable bonds is 3. The summed E-state index contributed by atoms with van der Waals surface area (Å²) in [7, 11) is 0. The van der Waals surface area contributed by atoms with Crippen LogP contribution in [0.25, 0.3) is 0 Å². The van der Waals surface area contributed by atoms with E-state index in [-0.39, 0.29) is 43.7 Å². The highest BCUT2D eigenvalue weighted by molar-refractivity contribution is 5.78. The number of amides is 1. The summed E-state index contributed by atoms with van der Waals surface area (Å²) in [5.41, 5.74) is 3.52. The first kappa shape index (κ1) is 16.3. The molecular formula is C13H23F3N2O. The fourth-order valence-corrected chi connectivity index (χ4v) is 2.33. The zero-order valence-electron chi connectivity index (χ0n) is 11.8. The predicted molar refractivity (Wildman–Crippen MR) is 67.4 cm³/mol. The molecule has 1 saturated heterocycles. The third-order valence-corrected chi connectivity index (χ3v) is 4.41. The number of halogens is 3. The number of carbonyl (C=O) groups is 1. The van der Waals surface area contributed by atoms with Crippen LogP contribution in [0.2, 0.25) is 0 Å². The highest BCUT2D eigenvalue weighted by Gasteiger charge is 2.55. The van der Waals surface area contributed by atoms with Gasteiger partial charge in [0.2, 0.25) is 5.91 Å². The van der Waals surface area contributed by atoms with Crippen molar-refractivity contribution in [2.75, 3.05) is 19.6 Å². The van der Waals surface area contributed by atoms with Crippen molar-refractivity contribution in [2.45, 2.75) is 39.8 Å². The van der Waals surface area contributed by atoms with Gasteiger partial charge in [0.15, 0.2) is 0 Å². The van der Waals surface area contributed by atoms with Crippen molar-refractivity contribution in [2.24, 2.45) is 23.0 Å². The van der Waals surface area contributed by atoms with Crippen molar-refractivity contribution in [3.05, 3.63) is 0 Å². The standard InChI is InChI=1S/C13H23F3N2O/c1-9(2)10(3)11(19)18-6-4-12(8-17,5-7-18)13(14,15)16/h9-10H,4-8,17H2,1-3H3. The Bertz CT molecular complexity index is 320. The van der Waals surface area contributed by atoms with Gasteiger partial charge >= 0.3 is 6.18 Å². The molecule has 112 valence electrons. The van der Waals surface area contributed by atoms with Crippen LogP contribution in [0.5, 0.6) is 0 Å². The van der Waals surface area contributed by atoms with E-state index >= 15 is 0 Å². The second kappa shape index (κ2) is 5.69. The third-order valence-electron chi connectivity index (χ3n) is 4.41. The molecule has 0 radical (unpaired) electrons. The molecule has 0 saturated carbocycles. The Kier molecular flexibility index (Phi) is 4.87. The van der Waals surface area contributed by atoms with E-state index in [1.54, 1.807) is 4.90 Å². The first-order valence-electron chi connectivity index (χ1n) is 6.70. The summed E-state index contributed by atoms with van der Waals surface area (Å²) in [4.78, 5) is 13.6. The topological polar surface area (TPSA) is 46.3 Å². The molecule has 0 aromatic rings. The zero-order chi connectivity index (χ0) is 14.8. The van der Waals surface area contributed by atoms with Gasteiger partial charge in [-0.3, -0.25) is 4.79 Å². The van der Waals surface area contributed by atoms with Crippen molar-refractivity contribution >= 4 is 5.91 Å². The number of nitrogens with zero attached hydrogens (tertiary/aromatic N) is 1. The van der Waals surface area contributed by atoms with E-state index in [0.29, 0.717) is 0 Å². The van der Waals surface area contributed by atoms with Gasteiger partial charge in [0.1, 0.15) is 0 Å². The molecule has 1 fully saturated rings. The number of piperidine rings is 1. The number of nitrogens with two attached hydrogens (primary N) is 1. The molecule has 1 rings (SSSR count). The van der Waals surface area contributed by atoms with Crippen LogP contribution < -0.4 is 5.73 Å². The largest absolute Gasteiger partial charge is 0.395 e. The van der Waals surface area contributed by atoms with Crippen LogP contribution in [0, 0.1) is 17.3 Å². The summed E-state index contributed by atoms with van der Waals surface area (Å²) < 4.78 is 39.1. The van der Waals surface area contributed by atoms with E-state index in [4.69, 9.17) is 5.73 Å². The molecule has 1 atom stereocenters. The average Bonchev–Trinajstić information content (AvgIpc) is 2.35. The second-order valence-corrected chi connectivity index (χ2v) is 5.84. The highest BCUT2D eigenvalue weighted by atomic mass is 19.4. The van der Waals surface area contributed by atoms with Crippen LogP contribution in [0.1, 0.15) is 33.6 Å². The van der Waals surface area contributed by atoms with Crippen molar-refractivity contribution in [3.8, 4) is 0 Å². The predicted octanol–water partition coefficient (Wildman–Crippen LogP) is 2.41. The van der Waals surface area contributed by atoms with Crippen LogP contribution in [0.15, 0.2) is 0 Å². The first-order valence-corrected chi connectivity index (χ1v) is 6.70. The number of carbonyl (C=O) groups excluding carboxylic acids is 1. The summed E-state index contributed by atoms with van der Waals surface area (Å²) in [6, 6.07) is 0. The average molecular weight is 280 g/mol. The highest BCUT2D eigenvalue weighted by Crippen LogP contribution is 2.45. The third kappa shape index (κ3) is 3.22. The summed E-state index contributed by atoms with van der Waals surface area (Å²) >= 11 is 0. The maximum absolute atomic E-state index is 13.0. The van der Waals surface area contributed by atoms with Gasteiger partial charge in [-0.15, -0.1) is 0 Å². The van der Waals surface area contributed by atoms with Gasteiger partial charge in [0, 0.05) is 25.6 Å². The second-order valence-electron chi connectivity index (χ2n) is 5.84. The van der Waals surface area contributed by atoms with E-state index in [2.05, 4.69) is 0 Å². The minimum atomic E-state index is -4.29. The number of alkyl halides is 3. The molecule has 0 bridgehead atoms. The molecule has 2 N–H and O–H groups in total. The van der Waals surface area contributed by atoms with Crippen LogP contribution in [-0.4, -0.2) is 36.6 Å². The Morgan fingerprint density at radius 3 is 2.05 bits per heavy atom. The molecule has 3 nitrogen and oxygen atoms in total. The number of hydrogen-bond acceptors (Lipinski definition) is 2. The minimum absolute atomic E-state index is 0.0530. The van der Waals surface area contributed by atoms with Crippen LogP contribution in [0.4, 0.5) is 13.2 Å². The van der Waals surface area contributed by atoms with E-state index < -0.39 is 18.1 Å². The molecule has 19 heavy (non-hydrogen) atoms. The molecular weight excluding hydrogens is 257 g/mol. The number of hydrogen-bond donors (Lipinski definition) is 1. The van der Waals surface area contributed by atoms with Crippen molar-refractivity contribution in [1.29, 1.82) is 0 Å². The smallest absolute Gasteiger partial charge is 0.342 e. The summed E-state index contributed by atoms with van der Waals surface area (Å²) in [5.74, 6) is -0.0182. The monoisotopic (exact) mass is 280 g/mol. The molecule has 6 heteroatoms. The van der Waals surface area contributed by atoms with Crippen LogP contribution in [-0.2, 0) is 4.79 Å². The summed E-state index contributed by atoms with van der Waals surface area (Å²) in [6.45, 7) is 5.58. The van der Waals surface area contributed by atoms with Gasteiger partial charge in [-0.25, -0.2) is 0 Å². The van der Waals surface area contributed by atoms with Gasteiger partial charge in [0.05, 0.1) is 5.41 Å². The van der Waals surface area contributed by atoms with Crippen molar-refractivity contribution in [1.82, 2.24) is 4.90 Å². The molecule has 0 spiro atoms. The Labute approximate surface area is 112 Å². The maximum atomic E-state index is 13.0. The van der Waals surface area contributed by atoms with Gasteiger partial charge < -0.3 is 10.6 Å². The molecule has 1 amide bonds. The molecule has 1 aliphatic rings. The molecule has 1 unspecified atom stereocenters. The molecule has 1 aliphatic heterocycles. The fraction of sp³-hybridized carbons (Fsp3) is 0.923. The Morgan fingerprint density at radius 1 is 1.26 bits per heavy atom. The van der Waals surface area contributed by atoms with Gasteiger partial charge in [-0.1, -0.05) is 20.8 Å². The van der Waals surface area contributed by atoms with Crippen molar-refractivity contribution in [3.63, 3.8) is 0 Å². The van der Waals surface area contributed by atoms with Crippen molar-refractivity contribution < 1.29 is 18.0 Å². The normalized spacial score (nSPS) is 21.6. The summed E-state index contributed by atoms with van der Waals surface area (Å²) in [5, 5.41) is 0. The quantitative estimate of drug-likeness (QED) is 0.863. The number of likely N-dealkylation sites (tertiary alicyclic amines) is 1. The maximum Gasteiger partial charge on any atom is 0.395 e. The summed E-state index contributed by atoms with van der Waals surface area (Å²) in [6.07, 6.45) is -4.48. The van der Waals surface area contributed by atoms with Gasteiger partial charge in [-0.2, -0.15) is 13.2 Å². The fourth-order valence-electron chi connectivity index (χ4n) is 2.33. The Morgan fingerprint density at radius 2 is 1.74 bits per heavy atom. The lowest BCUT2D eigenvalue weighted by Crippen LogP contribution is -2.54. The lowest BCUT2D eigenvalue weighted by atomic mass is 9.77. The zero-order valence-corrected chi connectivity index (χ0v) is 11.8. The van der Waals surface area contributed by atoms with E-state index in [9.17, 15) is 18.0 Å². The molecule has 0 aliphatic carbocycles.